The van der Waals surface area contributed by atoms with Crippen LogP contribution >= 0.6 is 0 Å². The number of carboxylic acid groups (broad SMARTS) is 1. The van der Waals surface area contributed by atoms with Gasteiger partial charge in [-0.3, -0.25) is 0 Å². The van der Waals surface area contributed by atoms with E-state index in [0.717, 1.165) is 12.0 Å². The third-order valence-electron chi connectivity index (χ3n) is 2.84. The summed E-state index contributed by atoms with van der Waals surface area (Å²) in [4.78, 5) is 14.8. The molecular formula is C15H16N2O4. The van der Waals surface area contributed by atoms with Gasteiger partial charge < -0.3 is 20.3 Å². The molecule has 6 heteroatoms. The van der Waals surface area contributed by atoms with Crippen LogP contribution in [-0.4, -0.2) is 29.8 Å². The van der Waals surface area contributed by atoms with Gasteiger partial charge in [0.15, 0.2) is 5.69 Å². The fraction of sp³-hybridized carbons (Fsp3) is 0.200. The Morgan fingerprint density at radius 1 is 1.24 bits per heavy atom. The summed E-state index contributed by atoms with van der Waals surface area (Å²) in [5.41, 5.74) is 7.02. The van der Waals surface area contributed by atoms with Gasteiger partial charge >= 0.3 is 5.97 Å². The van der Waals surface area contributed by atoms with Crippen molar-refractivity contribution in [2.24, 2.45) is 0 Å². The molecule has 2 rings (SSSR count). The zero-order chi connectivity index (χ0) is 15.2. The summed E-state index contributed by atoms with van der Waals surface area (Å²) in [7, 11) is 1.65. The Balaban J connectivity index is 2.14. The Morgan fingerprint density at radius 3 is 2.57 bits per heavy atom. The van der Waals surface area contributed by atoms with E-state index in [-0.39, 0.29) is 17.3 Å². The first kappa shape index (κ1) is 14.8. The maximum atomic E-state index is 10.9. The minimum Gasteiger partial charge on any atom is -0.477 e. The van der Waals surface area contributed by atoms with Gasteiger partial charge in [-0.15, -0.1) is 0 Å². The van der Waals surface area contributed by atoms with Crippen molar-refractivity contribution in [1.82, 2.24) is 4.98 Å². The summed E-state index contributed by atoms with van der Waals surface area (Å²) in [5, 5.41) is 8.91. The highest BCUT2D eigenvalue weighted by Crippen LogP contribution is 2.25. The molecule has 0 saturated carbocycles. The summed E-state index contributed by atoms with van der Waals surface area (Å²) in [6.45, 7) is 0.648. The molecule has 3 N–H and O–H groups in total. The quantitative estimate of drug-likeness (QED) is 0.847. The number of hydrogen-bond acceptors (Lipinski definition) is 5. The molecular weight excluding hydrogens is 272 g/mol. The molecule has 6 nitrogen and oxygen atoms in total. The van der Waals surface area contributed by atoms with Crippen LogP contribution in [0.1, 0.15) is 16.1 Å². The van der Waals surface area contributed by atoms with Crippen LogP contribution in [0.25, 0.3) is 0 Å². The molecule has 0 fully saturated rings. The van der Waals surface area contributed by atoms with Crippen molar-refractivity contribution in [2.45, 2.75) is 6.42 Å². The first-order valence-corrected chi connectivity index (χ1v) is 6.35. The van der Waals surface area contributed by atoms with E-state index < -0.39 is 5.97 Å². The number of aromatic carboxylic acids is 1. The number of pyridine rings is 1. The SMILES string of the molecule is COCCc1ccc(Oc2nc(C(=O)O)ccc2N)cc1. The maximum Gasteiger partial charge on any atom is 0.354 e. The Labute approximate surface area is 122 Å². The normalized spacial score (nSPS) is 10.3. The van der Waals surface area contributed by atoms with Gasteiger partial charge in [0.25, 0.3) is 0 Å². The van der Waals surface area contributed by atoms with E-state index in [9.17, 15) is 4.79 Å². The molecule has 1 aromatic heterocycles. The third kappa shape index (κ3) is 3.93. The van der Waals surface area contributed by atoms with Gasteiger partial charge in [-0.2, -0.15) is 0 Å². The van der Waals surface area contributed by atoms with Crippen LogP contribution in [0.3, 0.4) is 0 Å². The van der Waals surface area contributed by atoms with E-state index in [1.807, 2.05) is 12.1 Å². The Bertz CT molecular complexity index is 626. The monoisotopic (exact) mass is 288 g/mol. The van der Waals surface area contributed by atoms with Crippen LogP contribution in [0, 0.1) is 0 Å². The fourth-order valence-electron chi connectivity index (χ4n) is 1.71. The minimum atomic E-state index is -1.13. The highest BCUT2D eigenvalue weighted by Gasteiger charge is 2.10. The van der Waals surface area contributed by atoms with Crippen LogP contribution in [0.4, 0.5) is 5.69 Å². The number of rotatable bonds is 6. The van der Waals surface area contributed by atoms with E-state index in [1.54, 1.807) is 19.2 Å². The number of carbonyl (C=O) groups is 1. The number of benzene rings is 1. The minimum absolute atomic E-state index is 0.0829. The molecule has 0 unspecified atom stereocenters. The molecule has 0 aliphatic carbocycles. The number of ether oxygens (including phenoxy) is 2. The predicted molar refractivity (Wildman–Crippen MR) is 77.7 cm³/mol. The second-order valence-electron chi connectivity index (χ2n) is 4.38. The van der Waals surface area contributed by atoms with Crippen LogP contribution < -0.4 is 10.5 Å². The second-order valence-corrected chi connectivity index (χ2v) is 4.38. The molecule has 1 heterocycles. The number of hydrogen-bond donors (Lipinski definition) is 2. The Morgan fingerprint density at radius 2 is 1.95 bits per heavy atom. The number of nitrogens with two attached hydrogens (primary N) is 1. The number of anilines is 1. The van der Waals surface area contributed by atoms with Crippen LogP contribution in [0.5, 0.6) is 11.6 Å². The van der Waals surface area contributed by atoms with Gasteiger partial charge in [-0.05, 0) is 36.2 Å². The summed E-state index contributed by atoms with van der Waals surface area (Å²) in [6.07, 6.45) is 0.811. The second kappa shape index (κ2) is 6.71. The van der Waals surface area contributed by atoms with Gasteiger partial charge in [-0.25, -0.2) is 9.78 Å². The molecule has 0 spiro atoms. The van der Waals surface area contributed by atoms with Gasteiger partial charge in [0.05, 0.1) is 12.3 Å². The van der Waals surface area contributed by atoms with E-state index >= 15 is 0 Å². The lowest BCUT2D eigenvalue weighted by atomic mass is 10.1. The lowest BCUT2D eigenvalue weighted by Crippen LogP contribution is -2.03. The van der Waals surface area contributed by atoms with Crippen molar-refractivity contribution < 1.29 is 19.4 Å². The first-order chi connectivity index (χ1) is 10.1. The van der Waals surface area contributed by atoms with E-state index in [1.165, 1.54) is 12.1 Å². The molecule has 0 atom stereocenters. The summed E-state index contributed by atoms with van der Waals surface area (Å²) in [6, 6.07) is 10.2. The molecule has 0 aliphatic heterocycles. The molecule has 21 heavy (non-hydrogen) atoms. The molecule has 0 aliphatic rings. The zero-order valence-electron chi connectivity index (χ0n) is 11.6. The van der Waals surface area contributed by atoms with Crippen molar-refractivity contribution in [1.29, 1.82) is 0 Å². The Hall–Kier alpha value is -2.60. The van der Waals surface area contributed by atoms with E-state index in [0.29, 0.717) is 12.4 Å². The van der Waals surface area contributed by atoms with Gasteiger partial charge in [-0.1, -0.05) is 12.1 Å². The molecule has 110 valence electrons. The van der Waals surface area contributed by atoms with Crippen molar-refractivity contribution in [3.05, 3.63) is 47.7 Å². The van der Waals surface area contributed by atoms with Crippen molar-refractivity contribution in [2.75, 3.05) is 19.5 Å². The predicted octanol–water partition coefficient (Wildman–Crippen LogP) is 2.34. The fourth-order valence-corrected chi connectivity index (χ4v) is 1.71. The van der Waals surface area contributed by atoms with Crippen LogP contribution in [0.2, 0.25) is 0 Å². The molecule has 2 aromatic rings. The number of aromatic nitrogens is 1. The summed E-state index contributed by atoms with van der Waals surface area (Å²) < 4.78 is 10.5. The van der Waals surface area contributed by atoms with Crippen molar-refractivity contribution >= 4 is 11.7 Å². The number of nitrogen functional groups attached to an aromatic ring is 1. The average molecular weight is 288 g/mol. The zero-order valence-corrected chi connectivity index (χ0v) is 11.6. The van der Waals surface area contributed by atoms with Gasteiger partial charge in [0, 0.05) is 7.11 Å². The summed E-state index contributed by atoms with van der Waals surface area (Å²) >= 11 is 0. The van der Waals surface area contributed by atoms with Gasteiger partial charge in [0.1, 0.15) is 5.75 Å². The molecule has 0 bridgehead atoms. The average Bonchev–Trinajstić information content (AvgIpc) is 2.48. The smallest absolute Gasteiger partial charge is 0.354 e. The lowest BCUT2D eigenvalue weighted by molar-refractivity contribution is 0.0689. The molecule has 0 radical (unpaired) electrons. The topological polar surface area (TPSA) is 94.7 Å². The lowest BCUT2D eigenvalue weighted by Gasteiger charge is -2.08. The largest absolute Gasteiger partial charge is 0.477 e. The van der Waals surface area contributed by atoms with E-state index in [4.69, 9.17) is 20.3 Å². The highest BCUT2D eigenvalue weighted by molar-refractivity contribution is 5.86. The number of carboxylic acids is 1. The van der Waals surface area contributed by atoms with Crippen LogP contribution in [0.15, 0.2) is 36.4 Å². The molecule has 1 aromatic carbocycles. The highest BCUT2D eigenvalue weighted by atomic mass is 16.5. The molecule has 0 amide bonds. The third-order valence-corrected chi connectivity index (χ3v) is 2.84. The van der Waals surface area contributed by atoms with E-state index in [2.05, 4.69) is 4.98 Å². The van der Waals surface area contributed by atoms with Crippen LogP contribution in [-0.2, 0) is 11.2 Å². The molecule has 0 saturated heterocycles. The maximum absolute atomic E-state index is 10.9. The standard InChI is InChI=1S/C15H16N2O4/c1-20-9-8-10-2-4-11(5-3-10)21-14-12(16)6-7-13(17-14)15(18)19/h2-7H,8-9,16H2,1H3,(H,18,19). The summed E-state index contributed by atoms with van der Waals surface area (Å²) in [5.74, 6) is -0.507. The Kier molecular flexibility index (Phi) is 4.73. The van der Waals surface area contributed by atoms with Crippen molar-refractivity contribution in [3.63, 3.8) is 0 Å². The number of methoxy groups -OCH3 is 1. The van der Waals surface area contributed by atoms with Gasteiger partial charge in [0.2, 0.25) is 5.88 Å². The first-order valence-electron chi connectivity index (χ1n) is 6.35. The number of nitrogens with zero attached hydrogens (tertiary/aromatic N) is 1. The van der Waals surface area contributed by atoms with Crippen molar-refractivity contribution in [3.8, 4) is 11.6 Å².